The van der Waals surface area contributed by atoms with E-state index in [2.05, 4.69) is 46.1 Å². The van der Waals surface area contributed by atoms with Gasteiger partial charge in [-0.1, -0.05) is 48.5 Å². The van der Waals surface area contributed by atoms with Gasteiger partial charge in [0.05, 0.1) is 11.8 Å². The molecular formula is C23H26N4O3S. The summed E-state index contributed by atoms with van der Waals surface area (Å²) in [4.78, 5) is 12.6. The van der Waals surface area contributed by atoms with Gasteiger partial charge < -0.3 is 19.4 Å². The van der Waals surface area contributed by atoms with E-state index in [4.69, 9.17) is 9.47 Å². The first kappa shape index (κ1) is 21.2. The topological polar surface area (TPSA) is 78.3 Å². The molecule has 0 radical (unpaired) electrons. The molecule has 1 aromatic heterocycles. The zero-order chi connectivity index (χ0) is 21.8. The summed E-state index contributed by atoms with van der Waals surface area (Å²) in [6.07, 6.45) is 0.956. The van der Waals surface area contributed by atoms with E-state index in [-0.39, 0.29) is 24.5 Å². The molecule has 8 heteroatoms. The van der Waals surface area contributed by atoms with Crippen molar-refractivity contribution in [3.8, 4) is 22.9 Å². The minimum absolute atomic E-state index is 0.0571. The largest absolute Gasteiger partial charge is 0.454 e. The summed E-state index contributed by atoms with van der Waals surface area (Å²) < 4.78 is 12.9. The molecular weight excluding hydrogens is 412 g/mol. The Balaban J connectivity index is 1.41. The SMILES string of the molecule is CCCn1c(SCC(=O)NC(C)c2ccc3c(c2)OCO3)nnc1-c1cccc(C)c1. The van der Waals surface area contributed by atoms with Crippen LogP contribution in [0.2, 0.25) is 0 Å². The van der Waals surface area contributed by atoms with Crippen molar-refractivity contribution < 1.29 is 14.3 Å². The maximum Gasteiger partial charge on any atom is 0.231 e. The number of thioether (sulfide) groups is 1. The van der Waals surface area contributed by atoms with E-state index >= 15 is 0 Å². The van der Waals surface area contributed by atoms with Gasteiger partial charge in [0.1, 0.15) is 0 Å². The summed E-state index contributed by atoms with van der Waals surface area (Å²) in [6, 6.07) is 13.8. The van der Waals surface area contributed by atoms with Gasteiger partial charge in [-0.05, 0) is 44.0 Å². The highest BCUT2D eigenvalue weighted by atomic mass is 32.2. The summed E-state index contributed by atoms with van der Waals surface area (Å²) in [7, 11) is 0. The number of aryl methyl sites for hydroxylation is 1. The lowest BCUT2D eigenvalue weighted by Crippen LogP contribution is -2.28. The zero-order valence-electron chi connectivity index (χ0n) is 17.9. The van der Waals surface area contributed by atoms with Crippen LogP contribution in [0.15, 0.2) is 47.6 Å². The van der Waals surface area contributed by atoms with Gasteiger partial charge in [-0.2, -0.15) is 0 Å². The molecule has 2 heterocycles. The third-order valence-electron chi connectivity index (χ3n) is 5.05. The third-order valence-corrected chi connectivity index (χ3v) is 6.01. The number of nitrogens with zero attached hydrogens (tertiary/aromatic N) is 3. The number of rotatable bonds is 8. The fraction of sp³-hybridized carbons (Fsp3) is 0.348. The quantitative estimate of drug-likeness (QED) is 0.527. The van der Waals surface area contributed by atoms with Crippen LogP contribution in [0, 0.1) is 6.92 Å². The highest BCUT2D eigenvalue weighted by molar-refractivity contribution is 7.99. The molecule has 1 unspecified atom stereocenters. The smallest absolute Gasteiger partial charge is 0.231 e. The van der Waals surface area contributed by atoms with Crippen LogP contribution in [0.5, 0.6) is 11.5 Å². The lowest BCUT2D eigenvalue weighted by Gasteiger charge is -2.15. The fourth-order valence-corrected chi connectivity index (χ4v) is 4.27. The summed E-state index contributed by atoms with van der Waals surface area (Å²) in [5.74, 6) is 2.49. The van der Waals surface area contributed by atoms with Gasteiger partial charge in [0.25, 0.3) is 0 Å². The molecule has 0 saturated heterocycles. The summed E-state index contributed by atoms with van der Waals surface area (Å²) in [6.45, 7) is 7.17. The molecule has 0 bridgehead atoms. The maximum absolute atomic E-state index is 12.6. The minimum atomic E-state index is -0.140. The molecule has 1 aliphatic heterocycles. The lowest BCUT2D eigenvalue weighted by molar-refractivity contribution is -0.119. The van der Waals surface area contributed by atoms with E-state index in [9.17, 15) is 4.79 Å². The number of amides is 1. The highest BCUT2D eigenvalue weighted by Gasteiger charge is 2.18. The van der Waals surface area contributed by atoms with Crippen molar-refractivity contribution in [1.82, 2.24) is 20.1 Å². The molecule has 1 amide bonds. The molecule has 0 aliphatic carbocycles. The number of hydrogen-bond donors (Lipinski definition) is 1. The number of aromatic nitrogens is 3. The second-order valence-electron chi connectivity index (χ2n) is 7.52. The molecule has 1 atom stereocenters. The fourth-order valence-electron chi connectivity index (χ4n) is 3.50. The zero-order valence-corrected chi connectivity index (χ0v) is 18.7. The summed E-state index contributed by atoms with van der Waals surface area (Å²) >= 11 is 1.40. The number of carbonyl (C=O) groups is 1. The van der Waals surface area contributed by atoms with Gasteiger partial charge in [-0.15, -0.1) is 10.2 Å². The molecule has 2 aromatic carbocycles. The first-order valence-electron chi connectivity index (χ1n) is 10.4. The van der Waals surface area contributed by atoms with Crippen molar-refractivity contribution in [1.29, 1.82) is 0 Å². The Bertz CT molecular complexity index is 1080. The number of carbonyl (C=O) groups excluding carboxylic acids is 1. The van der Waals surface area contributed by atoms with E-state index < -0.39 is 0 Å². The van der Waals surface area contributed by atoms with Gasteiger partial charge in [0.15, 0.2) is 22.5 Å². The van der Waals surface area contributed by atoms with Crippen molar-refractivity contribution in [2.45, 2.75) is 44.9 Å². The van der Waals surface area contributed by atoms with Crippen molar-refractivity contribution in [3.63, 3.8) is 0 Å². The monoisotopic (exact) mass is 438 g/mol. The molecule has 4 rings (SSSR count). The van der Waals surface area contributed by atoms with Crippen LogP contribution >= 0.6 is 11.8 Å². The first-order valence-corrected chi connectivity index (χ1v) is 11.4. The second-order valence-corrected chi connectivity index (χ2v) is 8.46. The predicted octanol–water partition coefficient (Wildman–Crippen LogP) is 4.36. The molecule has 162 valence electrons. The van der Waals surface area contributed by atoms with Gasteiger partial charge in [-0.25, -0.2) is 0 Å². The number of nitrogens with one attached hydrogen (secondary N) is 1. The molecule has 3 aromatic rings. The van der Waals surface area contributed by atoms with Crippen LogP contribution in [0.3, 0.4) is 0 Å². The van der Waals surface area contributed by atoms with Crippen molar-refractivity contribution in [2.75, 3.05) is 12.5 Å². The molecule has 0 saturated carbocycles. The van der Waals surface area contributed by atoms with Gasteiger partial charge in [-0.3, -0.25) is 4.79 Å². The lowest BCUT2D eigenvalue weighted by atomic mass is 10.1. The molecule has 0 fully saturated rings. The number of benzene rings is 2. The molecule has 1 N–H and O–H groups in total. The Morgan fingerprint density at radius 1 is 1.19 bits per heavy atom. The first-order chi connectivity index (χ1) is 15.0. The average Bonchev–Trinajstić information content (AvgIpc) is 3.39. The summed E-state index contributed by atoms with van der Waals surface area (Å²) in [5.41, 5.74) is 3.18. The molecule has 0 spiro atoms. The number of hydrogen-bond acceptors (Lipinski definition) is 6. The standard InChI is InChI=1S/C23H26N4O3S/c1-4-10-27-22(18-7-5-6-15(2)11-18)25-26-23(27)31-13-21(28)24-16(3)17-8-9-19-20(12-17)30-14-29-19/h5-9,11-12,16H,4,10,13-14H2,1-3H3,(H,24,28). The van der Waals surface area contributed by atoms with Crippen LogP contribution < -0.4 is 14.8 Å². The average molecular weight is 439 g/mol. The van der Waals surface area contributed by atoms with Crippen molar-refractivity contribution >= 4 is 17.7 Å². The molecule has 1 aliphatic rings. The van der Waals surface area contributed by atoms with Crippen molar-refractivity contribution in [3.05, 3.63) is 53.6 Å². The van der Waals surface area contributed by atoms with Crippen LogP contribution in [0.25, 0.3) is 11.4 Å². The Morgan fingerprint density at radius 3 is 2.84 bits per heavy atom. The summed E-state index contributed by atoms with van der Waals surface area (Å²) in [5, 5.41) is 12.6. The van der Waals surface area contributed by atoms with Crippen LogP contribution in [0.4, 0.5) is 0 Å². The Hall–Kier alpha value is -3.00. The Kier molecular flexibility index (Phi) is 6.46. The van der Waals surface area contributed by atoms with E-state index in [0.29, 0.717) is 5.75 Å². The molecule has 31 heavy (non-hydrogen) atoms. The van der Waals surface area contributed by atoms with Crippen LogP contribution in [-0.4, -0.2) is 33.2 Å². The van der Waals surface area contributed by atoms with Gasteiger partial charge in [0.2, 0.25) is 12.7 Å². The predicted molar refractivity (Wildman–Crippen MR) is 120 cm³/mol. The number of fused-ring (bicyclic) bond motifs is 1. The Labute approximate surface area is 186 Å². The third kappa shape index (κ3) is 4.85. The van der Waals surface area contributed by atoms with Crippen LogP contribution in [0.1, 0.15) is 37.4 Å². The van der Waals surface area contributed by atoms with Gasteiger partial charge in [0, 0.05) is 12.1 Å². The normalized spacial score (nSPS) is 13.3. The highest BCUT2D eigenvalue weighted by Crippen LogP contribution is 2.34. The second kappa shape index (κ2) is 9.43. The molecule has 7 nitrogen and oxygen atoms in total. The Morgan fingerprint density at radius 2 is 2.03 bits per heavy atom. The van der Waals surface area contributed by atoms with E-state index in [1.54, 1.807) is 0 Å². The van der Waals surface area contributed by atoms with Crippen LogP contribution in [-0.2, 0) is 11.3 Å². The number of ether oxygens (including phenoxy) is 2. The maximum atomic E-state index is 12.6. The minimum Gasteiger partial charge on any atom is -0.454 e. The van der Waals surface area contributed by atoms with E-state index in [1.165, 1.54) is 17.3 Å². The van der Waals surface area contributed by atoms with Gasteiger partial charge >= 0.3 is 0 Å². The van der Waals surface area contributed by atoms with Crippen molar-refractivity contribution in [2.24, 2.45) is 0 Å². The van der Waals surface area contributed by atoms with E-state index in [1.807, 2.05) is 37.3 Å². The van der Waals surface area contributed by atoms with E-state index in [0.717, 1.165) is 40.8 Å².